The van der Waals surface area contributed by atoms with Crippen molar-refractivity contribution in [2.24, 2.45) is 0 Å². The number of aryl methyl sites for hydroxylation is 2. The zero-order valence-corrected chi connectivity index (χ0v) is 16.6. The summed E-state index contributed by atoms with van der Waals surface area (Å²) in [5.41, 5.74) is 4.07. The SMILES string of the molecule is Cc1cc(C)cc(NC(=O)Cn2nc(C(=O)N3CCOCC3)c3ccccc32)c1. The van der Waals surface area contributed by atoms with Gasteiger partial charge in [-0.3, -0.25) is 14.3 Å². The number of nitrogens with zero attached hydrogens (tertiary/aromatic N) is 3. The van der Waals surface area contributed by atoms with Crippen LogP contribution in [0, 0.1) is 13.8 Å². The molecule has 1 aliphatic rings. The van der Waals surface area contributed by atoms with Crippen molar-refractivity contribution < 1.29 is 14.3 Å². The first-order chi connectivity index (χ1) is 14.0. The summed E-state index contributed by atoms with van der Waals surface area (Å²) in [6.45, 7) is 6.18. The number of morpholine rings is 1. The zero-order chi connectivity index (χ0) is 20.4. The first kappa shape index (κ1) is 19.1. The van der Waals surface area contributed by atoms with E-state index < -0.39 is 0 Å². The Kier molecular flexibility index (Phi) is 5.31. The Labute approximate surface area is 169 Å². The summed E-state index contributed by atoms with van der Waals surface area (Å²) in [6, 6.07) is 13.4. The largest absolute Gasteiger partial charge is 0.378 e. The number of nitrogens with one attached hydrogen (secondary N) is 1. The number of hydrogen-bond donors (Lipinski definition) is 1. The second-order valence-corrected chi connectivity index (χ2v) is 7.35. The number of hydrogen-bond acceptors (Lipinski definition) is 4. The van der Waals surface area contributed by atoms with E-state index in [1.807, 2.05) is 50.2 Å². The van der Waals surface area contributed by atoms with Crippen LogP contribution >= 0.6 is 0 Å². The minimum atomic E-state index is -0.186. The van der Waals surface area contributed by atoms with E-state index >= 15 is 0 Å². The highest BCUT2D eigenvalue weighted by Crippen LogP contribution is 2.21. The highest BCUT2D eigenvalue weighted by atomic mass is 16.5. The molecule has 7 nitrogen and oxygen atoms in total. The van der Waals surface area contributed by atoms with Gasteiger partial charge in [-0.05, 0) is 43.2 Å². The molecule has 1 fully saturated rings. The molecule has 1 aromatic heterocycles. The maximum Gasteiger partial charge on any atom is 0.275 e. The van der Waals surface area contributed by atoms with Crippen molar-refractivity contribution in [2.45, 2.75) is 20.4 Å². The molecule has 3 aromatic rings. The molecule has 0 atom stereocenters. The Balaban J connectivity index is 1.59. The molecule has 2 heterocycles. The van der Waals surface area contributed by atoms with Crippen LogP contribution < -0.4 is 5.32 Å². The van der Waals surface area contributed by atoms with Crippen molar-refractivity contribution in [3.05, 3.63) is 59.3 Å². The third-order valence-corrected chi connectivity index (χ3v) is 4.96. The predicted octanol–water partition coefficient (Wildman–Crippen LogP) is 2.76. The van der Waals surface area contributed by atoms with Crippen molar-refractivity contribution in [3.63, 3.8) is 0 Å². The standard InChI is InChI=1S/C22H24N4O3/c1-15-11-16(2)13-17(12-15)23-20(27)14-26-19-6-4-3-5-18(19)21(24-26)22(28)25-7-9-29-10-8-25/h3-6,11-13H,7-10,14H2,1-2H3,(H,23,27). The fraction of sp³-hybridized carbons (Fsp3) is 0.318. The lowest BCUT2D eigenvalue weighted by atomic mass is 10.1. The fourth-order valence-electron chi connectivity index (χ4n) is 3.71. The number of benzene rings is 2. The molecule has 2 amide bonds. The van der Waals surface area contributed by atoms with Crippen molar-refractivity contribution >= 4 is 28.4 Å². The summed E-state index contributed by atoms with van der Waals surface area (Å²) in [6.07, 6.45) is 0. The van der Waals surface area contributed by atoms with E-state index in [4.69, 9.17) is 4.74 Å². The smallest absolute Gasteiger partial charge is 0.275 e. The number of aromatic nitrogens is 2. The van der Waals surface area contributed by atoms with Crippen LogP contribution in [0.15, 0.2) is 42.5 Å². The van der Waals surface area contributed by atoms with Gasteiger partial charge in [0.1, 0.15) is 6.54 Å². The second-order valence-electron chi connectivity index (χ2n) is 7.35. The molecule has 0 bridgehead atoms. The lowest BCUT2D eigenvalue weighted by Gasteiger charge is -2.26. The van der Waals surface area contributed by atoms with Crippen LogP contribution in [0.2, 0.25) is 0 Å². The quantitative estimate of drug-likeness (QED) is 0.741. The minimum absolute atomic E-state index is 0.0316. The van der Waals surface area contributed by atoms with Crippen LogP contribution in [-0.2, 0) is 16.1 Å². The molecule has 2 aromatic carbocycles. The summed E-state index contributed by atoms with van der Waals surface area (Å²) < 4.78 is 6.93. The maximum atomic E-state index is 13.0. The summed E-state index contributed by atoms with van der Waals surface area (Å²) in [7, 11) is 0. The molecule has 7 heteroatoms. The first-order valence-corrected chi connectivity index (χ1v) is 9.72. The Morgan fingerprint density at radius 1 is 1.07 bits per heavy atom. The van der Waals surface area contributed by atoms with Gasteiger partial charge < -0.3 is 15.0 Å². The topological polar surface area (TPSA) is 76.5 Å². The molecular weight excluding hydrogens is 368 g/mol. The average Bonchev–Trinajstić information content (AvgIpc) is 3.06. The number of ether oxygens (including phenoxy) is 1. The summed E-state index contributed by atoms with van der Waals surface area (Å²) >= 11 is 0. The third kappa shape index (κ3) is 4.14. The van der Waals surface area contributed by atoms with Crippen molar-refractivity contribution in [1.82, 2.24) is 14.7 Å². The number of anilines is 1. The molecule has 0 saturated carbocycles. The van der Waals surface area contributed by atoms with Crippen molar-refractivity contribution in [2.75, 3.05) is 31.6 Å². The van der Waals surface area contributed by atoms with Gasteiger partial charge in [0.25, 0.3) is 5.91 Å². The molecule has 1 saturated heterocycles. The van der Waals surface area contributed by atoms with Crippen LogP contribution in [0.4, 0.5) is 5.69 Å². The van der Waals surface area contributed by atoms with E-state index in [2.05, 4.69) is 16.5 Å². The van der Waals surface area contributed by atoms with Crippen LogP contribution in [0.1, 0.15) is 21.6 Å². The summed E-state index contributed by atoms with van der Waals surface area (Å²) in [5, 5.41) is 8.18. The average molecular weight is 392 g/mol. The van der Waals surface area contributed by atoms with E-state index in [-0.39, 0.29) is 18.4 Å². The van der Waals surface area contributed by atoms with Gasteiger partial charge >= 0.3 is 0 Å². The highest BCUT2D eigenvalue weighted by Gasteiger charge is 2.24. The van der Waals surface area contributed by atoms with Crippen molar-refractivity contribution in [1.29, 1.82) is 0 Å². The van der Waals surface area contributed by atoms with Crippen LogP contribution in [-0.4, -0.2) is 52.8 Å². The van der Waals surface area contributed by atoms with E-state index in [1.54, 1.807) is 9.58 Å². The second kappa shape index (κ2) is 8.05. The molecule has 4 rings (SSSR count). The summed E-state index contributed by atoms with van der Waals surface area (Å²) in [5.74, 6) is -0.313. The van der Waals surface area contributed by atoms with E-state index in [9.17, 15) is 9.59 Å². The van der Waals surface area contributed by atoms with E-state index in [0.717, 1.165) is 27.7 Å². The van der Waals surface area contributed by atoms with Gasteiger partial charge in [0.15, 0.2) is 5.69 Å². The Morgan fingerprint density at radius 3 is 2.48 bits per heavy atom. The number of carbonyl (C=O) groups is 2. The lowest BCUT2D eigenvalue weighted by molar-refractivity contribution is -0.116. The molecule has 0 spiro atoms. The maximum absolute atomic E-state index is 13.0. The number of para-hydroxylation sites is 1. The highest BCUT2D eigenvalue weighted by molar-refractivity contribution is 6.05. The van der Waals surface area contributed by atoms with Crippen LogP contribution in [0.3, 0.4) is 0 Å². The molecule has 29 heavy (non-hydrogen) atoms. The van der Waals surface area contributed by atoms with Crippen LogP contribution in [0.5, 0.6) is 0 Å². The Bertz CT molecular complexity index is 1050. The van der Waals surface area contributed by atoms with Gasteiger partial charge in [-0.15, -0.1) is 0 Å². The predicted molar refractivity (Wildman–Crippen MR) is 111 cm³/mol. The number of rotatable bonds is 4. The number of fused-ring (bicyclic) bond motifs is 1. The third-order valence-electron chi connectivity index (χ3n) is 4.96. The zero-order valence-electron chi connectivity index (χ0n) is 16.6. The monoisotopic (exact) mass is 392 g/mol. The Morgan fingerprint density at radius 2 is 1.76 bits per heavy atom. The van der Waals surface area contributed by atoms with Gasteiger partial charge in [-0.1, -0.05) is 24.3 Å². The van der Waals surface area contributed by atoms with Crippen molar-refractivity contribution in [3.8, 4) is 0 Å². The Hall–Kier alpha value is -3.19. The lowest BCUT2D eigenvalue weighted by Crippen LogP contribution is -2.41. The molecule has 0 unspecified atom stereocenters. The van der Waals surface area contributed by atoms with Crippen LogP contribution in [0.25, 0.3) is 10.9 Å². The molecule has 1 N–H and O–H groups in total. The first-order valence-electron chi connectivity index (χ1n) is 9.72. The van der Waals surface area contributed by atoms with E-state index in [0.29, 0.717) is 32.0 Å². The normalized spacial score (nSPS) is 14.2. The molecular formula is C22H24N4O3. The molecule has 1 aliphatic heterocycles. The van der Waals surface area contributed by atoms with Gasteiger partial charge in [0.05, 0.1) is 18.7 Å². The minimum Gasteiger partial charge on any atom is -0.378 e. The van der Waals surface area contributed by atoms with Gasteiger partial charge in [-0.25, -0.2) is 0 Å². The molecule has 150 valence electrons. The molecule has 0 aliphatic carbocycles. The van der Waals surface area contributed by atoms with Gasteiger partial charge in [-0.2, -0.15) is 5.10 Å². The molecule has 0 radical (unpaired) electrons. The van der Waals surface area contributed by atoms with Gasteiger partial charge in [0, 0.05) is 24.2 Å². The number of carbonyl (C=O) groups excluding carboxylic acids is 2. The number of amides is 2. The summed E-state index contributed by atoms with van der Waals surface area (Å²) in [4.78, 5) is 27.4. The van der Waals surface area contributed by atoms with Gasteiger partial charge in [0.2, 0.25) is 5.91 Å². The fourth-order valence-corrected chi connectivity index (χ4v) is 3.71. The van der Waals surface area contributed by atoms with E-state index in [1.165, 1.54) is 0 Å².